The summed E-state index contributed by atoms with van der Waals surface area (Å²) in [4.78, 5) is 0. The number of nitrogens with two attached hydrogens (primary N) is 1. The third-order valence-electron chi connectivity index (χ3n) is 1.93. The summed E-state index contributed by atoms with van der Waals surface area (Å²) in [5.74, 6) is 0.550. The van der Waals surface area contributed by atoms with E-state index in [0.29, 0.717) is 24.2 Å². The minimum Gasteiger partial charge on any atom is -0.475 e. The van der Waals surface area contributed by atoms with E-state index in [0.717, 1.165) is 5.69 Å². The van der Waals surface area contributed by atoms with Crippen molar-refractivity contribution in [2.75, 3.05) is 12.3 Å². The Hall–Kier alpha value is -1.19. The predicted molar refractivity (Wildman–Crippen MR) is 52.9 cm³/mol. The number of ether oxygens (including phenoxy) is 1. The topological polar surface area (TPSA) is 53.1 Å². The van der Waals surface area contributed by atoms with Gasteiger partial charge in [0, 0.05) is 6.04 Å². The summed E-state index contributed by atoms with van der Waals surface area (Å²) in [6, 6.07) is 0.316. The van der Waals surface area contributed by atoms with Crippen LogP contribution in [0.25, 0.3) is 0 Å². The highest BCUT2D eigenvalue weighted by Crippen LogP contribution is 2.25. The molecule has 0 unspecified atom stereocenters. The standard InChI is InChI=1S/C9H17N3O/c1-5-13-9-8(10)7(4)12(11-9)6(2)3/h6H,5,10H2,1-4H3. The Morgan fingerprint density at radius 3 is 2.54 bits per heavy atom. The summed E-state index contributed by atoms with van der Waals surface area (Å²) in [5, 5.41) is 4.27. The third-order valence-corrected chi connectivity index (χ3v) is 1.93. The van der Waals surface area contributed by atoms with Gasteiger partial charge >= 0.3 is 0 Å². The summed E-state index contributed by atoms with van der Waals surface area (Å²) in [6.07, 6.45) is 0. The molecule has 0 aliphatic carbocycles. The first-order valence-electron chi connectivity index (χ1n) is 4.55. The molecule has 0 aliphatic heterocycles. The summed E-state index contributed by atoms with van der Waals surface area (Å²) >= 11 is 0. The molecule has 0 amide bonds. The maximum atomic E-state index is 5.82. The number of hydrogen-bond acceptors (Lipinski definition) is 3. The van der Waals surface area contributed by atoms with E-state index in [-0.39, 0.29) is 0 Å². The molecular weight excluding hydrogens is 166 g/mol. The van der Waals surface area contributed by atoms with E-state index >= 15 is 0 Å². The zero-order valence-corrected chi connectivity index (χ0v) is 8.66. The molecule has 1 heterocycles. The molecule has 1 aromatic rings. The van der Waals surface area contributed by atoms with Crippen molar-refractivity contribution >= 4 is 5.69 Å². The Balaban J connectivity index is 3.05. The van der Waals surface area contributed by atoms with Crippen LogP contribution in [0, 0.1) is 6.92 Å². The zero-order chi connectivity index (χ0) is 10.0. The number of aromatic nitrogens is 2. The molecule has 0 radical (unpaired) electrons. The molecule has 13 heavy (non-hydrogen) atoms. The van der Waals surface area contributed by atoms with Gasteiger partial charge in [-0.05, 0) is 27.7 Å². The molecule has 0 saturated carbocycles. The monoisotopic (exact) mass is 183 g/mol. The van der Waals surface area contributed by atoms with E-state index in [1.54, 1.807) is 0 Å². The molecule has 2 N–H and O–H groups in total. The molecule has 0 atom stereocenters. The first-order chi connectivity index (χ1) is 6.07. The minimum atomic E-state index is 0.316. The fourth-order valence-electron chi connectivity index (χ4n) is 1.25. The largest absolute Gasteiger partial charge is 0.475 e. The minimum absolute atomic E-state index is 0.316. The lowest BCUT2D eigenvalue weighted by atomic mass is 10.3. The van der Waals surface area contributed by atoms with Crippen LogP contribution < -0.4 is 10.5 Å². The molecule has 0 bridgehead atoms. The second kappa shape index (κ2) is 3.68. The van der Waals surface area contributed by atoms with Gasteiger partial charge in [0.25, 0.3) is 5.88 Å². The molecule has 4 heteroatoms. The van der Waals surface area contributed by atoms with Crippen molar-refractivity contribution in [1.29, 1.82) is 0 Å². The molecule has 74 valence electrons. The molecule has 4 nitrogen and oxygen atoms in total. The first-order valence-corrected chi connectivity index (χ1v) is 4.55. The number of hydrogen-bond donors (Lipinski definition) is 1. The normalized spacial score (nSPS) is 10.8. The molecule has 0 fully saturated rings. The Morgan fingerprint density at radius 1 is 1.54 bits per heavy atom. The Morgan fingerprint density at radius 2 is 2.15 bits per heavy atom. The van der Waals surface area contributed by atoms with Crippen molar-refractivity contribution in [2.45, 2.75) is 33.7 Å². The highest BCUT2D eigenvalue weighted by molar-refractivity contribution is 5.52. The quantitative estimate of drug-likeness (QED) is 0.776. The van der Waals surface area contributed by atoms with Gasteiger partial charge in [-0.2, -0.15) is 0 Å². The van der Waals surface area contributed by atoms with Crippen LogP contribution in [-0.4, -0.2) is 16.4 Å². The van der Waals surface area contributed by atoms with Gasteiger partial charge in [-0.3, -0.25) is 4.68 Å². The van der Waals surface area contributed by atoms with Crippen LogP contribution in [0.5, 0.6) is 5.88 Å². The number of rotatable bonds is 3. The molecule has 0 aromatic carbocycles. The van der Waals surface area contributed by atoms with E-state index < -0.39 is 0 Å². The van der Waals surface area contributed by atoms with Gasteiger partial charge in [0.1, 0.15) is 5.69 Å². The molecular formula is C9H17N3O. The van der Waals surface area contributed by atoms with Crippen LogP contribution in [0.4, 0.5) is 5.69 Å². The lowest BCUT2D eigenvalue weighted by molar-refractivity contribution is 0.320. The molecule has 0 saturated heterocycles. The fraction of sp³-hybridized carbons (Fsp3) is 0.667. The zero-order valence-electron chi connectivity index (χ0n) is 8.66. The third kappa shape index (κ3) is 1.76. The summed E-state index contributed by atoms with van der Waals surface area (Å²) in [5.41, 5.74) is 7.44. The highest BCUT2D eigenvalue weighted by Gasteiger charge is 2.13. The average molecular weight is 183 g/mol. The molecule has 1 aromatic heterocycles. The second-order valence-corrected chi connectivity index (χ2v) is 3.28. The predicted octanol–water partition coefficient (Wildman–Crippen LogP) is 1.75. The maximum absolute atomic E-state index is 5.82. The van der Waals surface area contributed by atoms with Crippen molar-refractivity contribution in [2.24, 2.45) is 0 Å². The first kappa shape index (κ1) is 9.89. The second-order valence-electron chi connectivity index (χ2n) is 3.28. The van der Waals surface area contributed by atoms with Gasteiger partial charge in [-0.15, -0.1) is 5.10 Å². The summed E-state index contributed by atoms with van der Waals surface area (Å²) in [6.45, 7) is 8.59. The van der Waals surface area contributed by atoms with Crippen LogP contribution in [0.15, 0.2) is 0 Å². The van der Waals surface area contributed by atoms with Gasteiger partial charge < -0.3 is 10.5 Å². The lowest BCUT2D eigenvalue weighted by Gasteiger charge is -2.06. The molecule has 0 aliphatic rings. The van der Waals surface area contributed by atoms with E-state index in [1.807, 2.05) is 18.5 Å². The van der Waals surface area contributed by atoms with Gasteiger partial charge in [-0.1, -0.05) is 0 Å². The average Bonchev–Trinajstić information content (AvgIpc) is 2.33. The Labute approximate surface area is 78.7 Å². The van der Waals surface area contributed by atoms with Crippen LogP contribution in [0.3, 0.4) is 0 Å². The number of anilines is 1. The Kier molecular flexibility index (Phi) is 2.80. The van der Waals surface area contributed by atoms with Crippen LogP contribution in [0.2, 0.25) is 0 Å². The maximum Gasteiger partial charge on any atom is 0.256 e. The van der Waals surface area contributed by atoms with Crippen molar-refractivity contribution in [1.82, 2.24) is 9.78 Å². The van der Waals surface area contributed by atoms with Gasteiger partial charge in [0.05, 0.1) is 12.3 Å². The number of nitrogens with zero attached hydrogens (tertiary/aromatic N) is 2. The van der Waals surface area contributed by atoms with Crippen LogP contribution in [-0.2, 0) is 0 Å². The van der Waals surface area contributed by atoms with E-state index in [9.17, 15) is 0 Å². The summed E-state index contributed by atoms with van der Waals surface area (Å²) < 4.78 is 7.17. The Bertz CT molecular complexity index is 291. The molecule has 0 spiro atoms. The van der Waals surface area contributed by atoms with E-state index in [4.69, 9.17) is 10.5 Å². The van der Waals surface area contributed by atoms with Gasteiger partial charge in [0.2, 0.25) is 0 Å². The smallest absolute Gasteiger partial charge is 0.256 e. The highest BCUT2D eigenvalue weighted by atomic mass is 16.5. The SMILES string of the molecule is CCOc1nn(C(C)C)c(C)c1N. The van der Waals surface area contributed by atoms with E-state index in [2.05, 4.69) is 18.9 Å². The van der Waals surface area contributed by atoms with Crippen LogP contribution >= 0.6 is 0 Å². The van der Waals surface area contributed by atoms with Crippen molar-refractivity contribution in [3.8, 4) is 5.88 Å². The van der Waals surface area contributed by atoms with E-state index in [1.165, 1.54) is 0 Å². The summed E-state index contributed by atoms with van der Waals surface area (Å²) in [7, 11) is 0. The molecule has 1 rings (SSSR count). The fourth-order valence-corrected chi connectivity index (χ4v) is 1.25. The number of nitrogen functional groups attached to an aromatic ring is 1. The van der Waals surface area contributed by atoms with Crippen LogP contribution in [0.1, 0.15) is 32.5 Å². The van der Waals surface area contributed by atoms with Crippen molar-refractivity contribution in [3.05, 3.63) is 5.69 Å². The lowest BCUT2D eigenvalue weighted by Crippen LogP contribution is -2.05. The van der Waals surface area contributed by atoms with Crippen molar-refractivity contribution < 1.29 is 4.74 Å². The van der Waals surface area contributed by atoms with Gasteiger partial charge in [0.15, 0.2) is 0 Å². The van der Waals surface area contributed by atoms with Crippen molar-refractivity contribution in [3.63, 3.8) is 0 Å². The van der Waals surface area contributed by atoms with Gasteiger partial charge in [-0.25, -0.2) is 0 Å².